The number of benzene rings is 1. The van der Waals surface area contributed by atoms with Crippen molar-refractivity contribution in [2.75, 3.05) is 21.3 Å². The summed E-state index contributed by atoms with van der Waals surface area (Å²) in [7, 11) is 4.94. The van der Waals surface area contributed by atoms with E-state index in [2.05, 4.69) is 0 Å². The molecule has 1 rings (SSSR count). The van der Waals surface area contributed by atoms with Crippen LogP contribution < -0.4 is 15.2 Å². The number of likely N-dealkylation sites (N-methyl/N-ethyl adjacent to an activating group) is 1. The van der Waals surface area contributed by atoms with E-state index in [1.165, 1.54) is 0 Å². The maximum absolute atomic E-state index is 12.3. The Bertz CT molecular complexity index is 495. The predicted octanol–water partition coefficient (Wildman–Crippen LogP) is 2.04. The lowest BCUT2D eigenvalue weighted by molar-refractivity contribution is -0.134. The minimum atomic E-state index is -0.525. The smallest absolute Gasteiger partial charge is 0.240 e. The second-order valence-corrected chi connectivity index (χ2v) is 6.23. The van der Waals surface area contributed by atoms with Crippen molar-refractivity contribution in [1.29, 1.82) is 0 Å². The molecule has 0 spiro atoms. The molecule has 0 aliphatic carbocycles. The molecule has 0 fully saturated rings. The van der Waals surface area contributed by atoms with Crippen LogP contribution in [0, 0.1) is 5.41 Å². The van der Waals surface area contributed by atoms with Crippen LogP contribution in [-0.2, 0) is 11.3 Å². The van der Waals surface area contributed by atoms with Crippen LogP contribution >= 0.6 is 0 Å². The fourth-order valence-corrected chi connectivity index (χ4v) is 1.94. The minimum Gasteiger partial charge on any atom is -0.493 e. The molecule has 1 aromatic rings. The van der Waals surface area contributed by atoms with E-state index < -0.39 is 6.04 Å². The van der Waals surface area contributed by atoms with Gasteiger partial charge in [0.25, 0.3) is 0 Å². The predicted molar refractivity (Wildman–Crippen MR) is 83.5 cm³/mol. The van der Waals surface area contributed by atoms with Crippen molar-refractivity contribution in [2.45, 2.75) is 33.4 Å². The summed E-state index contributed by atoms with van der Waals surface area (Å²) in [5.74, 6) is 1.25. The molecule has 1 unspecified atom stereocenters. The van der Waals surface area contributed by atoms with Gasteiger partial charge in [0.15, 0.2) is 11.5 Å². The number of nitrogens with two attached hydrogens (primary N) is 1. The zero-order chi connectivity index (χ0) is 16.2. The van der Waals surface area contributed by atoms with Crippen molar-refractivity contribution >= 4 is 5.91 Å². The molecule has 21 heavy (non-hydrogen) atoms. The zero-order valence-corrected chi connectivity index (χ0v) is 13.8. The van der Waals surface area contributed by atoms with Gasteiger partial charge in [-0.3, -0.25) is 4.79 Å². The lowest BCUT2D eigenvalue weighted by Gasteiger charge is -2.30. The molecule has 5 heteroatoms. The van der Waals surface area contributed by atoms with Gasteiger partial charge >= 0.3 is 0 Å². The lowest BCUT2D eigenvalue weighted by Crippen LogP contribution is -2.48. The van der Waals surface area contributed by atoms with Gasteiger partial charge in [-0.2, -0.15) is 0 Å². The van der Waals surface area contributed by atoms with Gasteiger partial charge in [0.05, 0.1) is 20.3 Å². The third-order valence-electron chi connectivity index (χ3n) is 3.44. The van der Waals surface area contributed by atoms with Gasteiger partial charge in [0, 0.05) is 13.6 Å². The largest absolute Gasteiger partial charge is 0.493 e. The van der Waals surface area contributed by atoms with E-state index in [1.54, 1.807) is 26.2 Å². The first-order valence-corrected chi connectivity index (χ1v) is 6.92. The Hall–Kier alpha value is -1.75. The first kappa shape index (κ1) is 17.3. The lowest BCUT2D eigenvalue weighted by atomic mass is 9.86. The Labute approximate surface area is 127 Å². The molecule has 0 radical (unpaired) electrons. The third-order valence-corrected chi connectivity index (χ3v) is 3.44. The fraction of sp³-hybridized carbons (Fsp3) is 0.562. The molecule has 1 aromatic carbocycles. The molecule has 1 amide bonds. The van der Waals surface area contributed by atoms with E-state index in [1.807, 2.05) is 39.0 Å². The van der Waals surface area contributed by atoms with Gasteiger partial charge < -0.3 is 20.1 Å². The molecular formula is C16H26N2O3. The first-order chi connectivity index (χ1) is 9.70. The number of amides is 1. The fourth-order valence-electron chi connectivity index (χ4n) is 1.94. The van der Waals surface area contributed by atoms with Crippen LogP contribution in [-0.4, -0.2) is 38.1 Å². The quantitative estimate of drug-likeness (QED) is 0.902. The second kappa shape index (κ2) is 6.80. The topological polar surface area (TPSA) is 64.8 Å². The number of carbonyl (C=O) groups excluding carboxylic acids is 1. The summed E-state index contributed by atoms with van der Waals surface area (Å²) in [6, 6.07) is 5.08. The molecule has 118 valence electrons. The molecule has 2 N–H and O–H groups in total. The van der Waals surface area contributed by atoms with Gasteiger partial charge in [-0.15, -0.1) is 0 Å². The van der Waals surface area contributed by atoms with Gasteiger partial charge in [0.1, 0.15) is 0 Å². The Kier molecular flexibility index (Phi) is 5.61. The molecular weight excluding hydrogens is 268 g/mol. The van der Waals surface area contributed by atoms with Crippen molar-refractivity contribution in [1.82, 2.24) is 4.90 Å². The molecule has 1 atom stereocenters. The normalized spacial score (nSPS) is 12.7. The van der Waals surface area contributed by atoms with E-state index >= 15 is 0 Å². The second-order valence-electron chi connectivity index (χ2n) is 6.23. The highest BCUT2D eigenvalue weighted by Crippen LogP contribution is 2.28. The molecule has 0 saturated heterocycles. The van der Waals surface area contributed by atoms with Gasteiger partial charge in [-0.25, -0.2) is 0 Å². The Morgan fingerprint density at radius 1 is 1.24 bits per heavy atom. The molecule has 0 bridgehead atoms. The number of ether oxygens (including phenoxy) is 2. The van der Waals surface area contributed by atoms with Gasteiger partial charge in [-0.1, -0.05) is 26.8 Å². The maximum atomic E-state index is 12.3. The highest BCUT2D eigenvalue weighted by atomic mass is 16.5. The number of hydrogen-bond acceptors (Lipinski definition) is 4. The summed E-state index contributed by atoms with van der Waals surface area (Å²) in [6.07, 6.45) is 0. The SMILES string of the molecule is COc1ccc(CN(C)C(=O)C(N)C(C)(C)C)cc1OC. The number of rotatable bonds is 5. The van der Waals surface area contributed by atoms with E-state index in [4.69, 9.17) is 15.2 Å². The summed E-state index contributed by atoms with van der Waals surface area (Å²) >= 11 is 0. The number of methoxy groups -OCH3 is 2. The zero-order valence-electron chi connectivity index (χ0n) is 13.8. The number of nitrogens with zero attached hydrogens (tertiary/aromatic N) is 1. The summed E-state index contributed by atoms with van der Waals surface area (Å²) in [6.45, 7) is 6.35. The van der Waals surface area contributed by atoms with Crippen molar-refractivity contribution in [3.63, 3.8) is 0 Å². The molecule has 0 aromatic heterocycles. The van der Waals surface area contributed by atoms with Crippen LogP contribution in [0.4, 0.5) is 0 Å². The maximum Gasteiger partial charge on any atom is 0.240 e. The van der Waals surface area contributed by atoms with E-state index in [0.29, 0.717) is 18.0 Å². The molecule has 0 saturated carbocycles. The summed E-state index contributed by atoms with van der Waals surface area (Å²) < 4.78 is 10.5. The molecule has 0 aliphatic heterocycles. The van der Waals surface area contributed by atoms with Crippen LogP contribution in [0.2, 0.25) is 0 Å². The highest BCUT2D eigenvalue weighted by Gasteiger charge is 2.29. The first-order valence-electron chi connectivity index (χ1n) is 6.92. The summed E-state index contributed by atoms with van der Waals surface area (Å²) in [5, 5.41) is 0. The Morgan fingerprint density at radius 3 is 2.29 bits per heavy atom. The van der Waals surface area contributed by atoms with Crippen LogP contribution in [0.5, 0.6) is 11.5 Å². The molecule has 0 heterocycles. The summed E-state index contributed by atoms with van der Waals surface area (Å²) in [5.41, 5.74) is 6.72. The average molecular weight is 294 g/mol. The van der Waals surface area contributed by atoms with E-state index in [0.717, 1.165) is 5.56 Å². The standard InChI is InChI=1S/C16H26N2O3/c1-16(2,3)14(17)15(19)18(4)10-11-7-8-12(20-5)13(9-11)21-6/h7-9,14H,10,17H2,1-6H3. The Balaban J connectivity index is 2.84. The van der Waals surface area contributed by atoms with Crippen molar-refractivity contribution in [2.24, 2.45) is 11.1 Å². The minimum absolute atomic E-state index is 0.0720. The monoisotopic (exact) mass is 294 g/mol. The van der Waals surface area contributed by atoms with Gasteiger partial charge in [0.2, 0.25) is 5.91 Å². The van der Waals surface area contributed by atoms with Crippen molar-refractivity contribution < 1.29 is 14.3 Å². The van der Waals surface area contributed by atoms with Crippen LogP contribution in [0.3, 0.4) is 0 Å². The average Bonchev–Trinajstić information content (AvgIpc) is 2.44. The Morgan fingerprint density at radius 2 is 1.81 bits per heavy atom. The van der Waals surface area contributed by atoms with Crippen LogP contribution in [0.25, 0.3) is 0 Å². The van der Waals surface area contributed by atoms with Crippen LogP contribution in [0.15, 0.2) is 18.2 Å². The summed E-state index contributed by atoms with van der Waals surface area (Å²) in [4.78, 5) is 14.0. The molecule has 5 nitrogen and oxygen atoms in total. The van der Waals surface area contributed by atoms with Crippen molar-refractivity contribution in [3.8, 4) is 11.5 Å². The van der Waals surface area contributed by atoms with Crippen molar-refractivity contribution in [3.05, 3.63) is 23.8 Å². The molecule has 0 aliphatic rings. The van der Waals surface area contributed by atoms with E-state index in [-0.39, 0.29) is 11.3 Å². The third kappa shape index (κ3) is 4.36. The number of carbonyl (C=O) groups is 1. The highest BCUT2D eigenvalue weighted by molar-refractivity contribution is 5.82. The number of hydrogen-bond donors (Lipinski definition) is 1. The van der Waals surface area contributed by atoms with Crippen LogP contribution in [0.1, 0.15) is 26.3 Å². The van der Waals surface area contributed by atoms with E-state index in [9.17, 15) is 4.79 Å². The van der Waals surface area contributed by atoms with Gasteiger partial charge in [-0.05, 0) is 23.1 Å².